The number of rotatable bonds is 13. The third-order valence-electron chi connectivity index (χ3n) is 13.6. The van der Waals surface area contributed by atoms with Crippen LogP contribution >= 0.6 is 46.4 Å². The first-order valence-electron chi connectivity index (χ1n) is 25.5. The third kappa shape index (κ3) is 15.1. The van der Waals surface area contributed by atoms with E-state index in [-0.39, 0.29) is 53.8 Å². The van der Waals surface area contributed by atoms with Gasteiger partial charge in [0.1, 0.15) is 0 Å². The third-order valence-corrected chi connectivity index (χ3v) is 14.4. The average Bonchev–Trinajstić information content (AvgIpc) is 4.00. The summed E-state index contributed by atoms with van der Waals surface area (Å²) in [5.74, 6) is -0.533. The highest BCUT2D eigenvalue weighted by molar-refractivity contribution is 6.35. The SMILES string of the molecule is CC(C)(C)C(=O)N1CCC(c2cc(-c3cc(Cl)cc(Cl)c3)nn2Cc2ccc(C(=O)NCCC(=O)O)cc2)CC1.CNC(=O)c1ccc(Cn2nc(-c3cc(Cl)cc(Cl)c3)cc2C2CCN(C(=O)C(C)(C)C)CC2)cc1. The minimum atomic E-state index is -0.962. The molecule has 8 rings (SSSR count). The summed E-state index contributed by atoms with van der Waals surface area (Å²) in [5.41, 5.74) is 7.75. The summed E-state index contributed by atoms with van der Waals surface area (Å²) in [6.07, 6.45) is 3.28. The standard InChI is InChI=1S/C30H34Cl2N4O4.C28H32Cl2N4O2/c1-30(2,3)29(40)35-12-9-20(10-13-35)26-17-25(22-14-23(31)16-24(32)15-22)34-36(26)18-19-4-6-21(7-5-19)28(39)33-11-8-27(37)38;1-28(2,3)27(36)33-11-9-19(10-12-33)25-16-24(21-13-22(29)15-23(30)14-21)32-34(25)17-18-5-7-20(8-6-18)26(35)31-4/h4-7,14-17,20H,8-13,18H2,1-3H3,(H,33,39)(H,37,38);5-8,13-16,19H,9-12,17H2,1-4H3,(H,31,35). The summed E-state index contributed by atoms with van der Waals surface area (Å²) in [5, 5.41) is 26.1. The highest BCUT2D eigenvalue weighted by Gasteiger charge is 2.34. The van der Waals surface area contributed by atoms with Crippen LogP contribution in [0.2, 0.25) is 20.1 Å². The maximum atomic E-state index is 12.8. The molecule has 0 atom stereocenters. The Labute approximate surface area is 465 Å². The van der Waals surface area contributed by atoms with E-state index in [0.29, 0.717) is 57.4 Å². The van der Waals surface area contributed by atoms with Gasteiger partial charge in [0.15, 0.2) is 0 Å². The van der Waals surface area contributed by atoms with Crippen LogP contribution in [0.5, 0.6) is 0 Å². The van der Waals surface area contributed by atoms with E-state index in [9.17, 15) is 24.0 Å². The normalized spacial score (nSPS) is 14.5. The van der Waals surface area contributed by atoms with Crippen LogP contribution < -0.4 is 10.6 Å². The molecule has 4 aromatic carbocycles. The molecule has 6 aromatic rings. The van der Waals surface area contributed by atoms with Gasteiger partial charge in [-0.25, -0.2) is 0 Å². The highest BCUT2D eigenvalue weighted by Crippen LogP contribution is 2.37. The number of aromatic nitrogens is 4. The molecule has 4 heterocycles. The molecule has 18 heteroatoms. The zero-order valence-electron chi connectivity index (χ0n) is 44.1. The van der Waals surface area contributed by atoms with Crippen molar-refractivity contribution in [3.63, 3.8) is 0 Å². The number of aliphatic carboxylic acids is 1. The van der Waals surface area contributed by atoms with Crippen molar-refractivity contribution in [3.8, 4) is 22.5 Å². The van der Waals surface area contributed by atoms with Crippen LogP contribution in [0.15, 0.2) is 97.1 Å². The molecule has 14 nitrogen and oxygen atoms in total. The fourth-order valence-electron chi connectivity index (χ4n) is 9.56. The van der Waals surface area contributed by atoms with Crippen LogP contribution in [-0.2, 0) is 27.5 Å². The van der Waals surface area contributed by atoms with E-state index < -0.39 is 11.4 Å². The fraction of sp³-hybridized carbons (Fsp3) is 0.397. The van der Waals surface area contributed by atoms with Crippen LogP contribution in [0.3, 0.4) is 0 Å². The van der Waals surface area contributed by atoms with Crippen molar-refractivity contribution < 1.29 is 29.1 Å². The number of hydrogen-bond donors (Lipinski definition) is 3. The van der Waals surface area contributed by atoms with Crippen molar-refractivity contribution in [2.75, 3.05) is 39.8 Å². The quantitative estimate of drug-likeness (QED) is 0.103. The molecule has 0 saturated carbocycles. The van der Waals surface area contributed by atoms with Gasteiger partial charge in [-0.3, -0.25) is 33.3 Å². The average molecular weight is 1110 g/mol. The number of carbonyl (C=O) groups is 5. The number of nitrogens with one attached hydrogen (secondary N) is 2. The summed E-state index contributed by atoms with van der Waals surface area (Å²) in [7, 11) is 1.62. The van der Waals surface area contributed by atoms with Gasteiger partial charge in [-0.05, 0) is 110 Å². The van der Waals surface area contributed by atoms with Gasteiger partial charge in [0.05, 0.1) is 30.9 Å². The molecule has 2 saturated heterocycles. The highest BCUT2D eigenvalue weighted by atomic mass is 35.5. The first kappa shape index (κ1) is 57.5. The maximum absolute atomic E-state index is 12.8. The molecule has 2 aromatic heterocycles. The number of amides is 4. The van der Waals surface area contributed by atoms with Crippen LogP contribution in [0.4, 0.5) is 0 Å². The Bertz CT molecular complexity index is 3010. The Hall–Kier alpha value is -6.19. The summed E-state index contributed by atoms with van der Waals surface area (Å²) in [6.45, 7) is 15.7. The number of carboxylic acid groups (broad SMARTS) is 1. The second-order valence-electron chi connectivity index (χ2n) is 21.5. The van der Waals surface area contributed by atoms with E-state index in [1.54, 1.807) is 31.3 Å². The lowest BCUT2D eigenvalue weighted by Crippen LogP contribution is -2.43. The molecule has 4 amide bonds. The Kier molecular flexibility index (Phi) is 18.8. The predicted molar refractivity (Wildman–Crippen MR) is 300 cm³/mol. The summed E-state index contributed by atoms with van der Waals surface area (Å²) in [6, 6.07) is 29.8. The Morgan fingerprint density at radius 3 is 1.24 bits per heavy atom. The summed E-state index contributed by atoms with van der Waals surface area (Å²) in [4.78, 5) is 64.5. The molecule has 0 bridgehead atoms. The van der Waals surface area contributed by atoms with E-state index in [1.807, 2.05) is 121 Å². The van der Waals surface area contributed by atoms with Gasteiger partial charge >= 0.3 is 5.97 Å². The van der Waals surface area contributed by atoms with E-state index >= 15 is 0 Å². The Balaban J connectivity index is 0.000000222. The lowest BCUT2D eigenvalue weighted by Gasteiger charge is -2.35. The lowest BCUT2D eigenvalue weighted by atomic mass is 9.89. The molecule has 0 aliphatic carbocycles. The molecule has 2 aliphatic rings. The molecule has 76 heavy (non-hydrogen) atoms. The number of carbonyl (C=O) groups excluding carboxylic acids is 4. The number of benzene rings is 4. The lowest BCUT2D eigenvalue weighted by molar-refractivity contribution is -0.141. The van der Waals surface area contributed by atoms with Crippen molar-refractivity contribution in [2.24, 2.45) is 10.8 Å². The zero-order valence-corrected chi connectivity index (χ0v) is 47.1. The number of hydrogen-bond acceptors (Lipinski definition) is 7. The molecule has 3 N–H and O–H groups in total. The smallest absolute Gasteiger partial charge is 0.305 e. The number of nitrogens with zero attached hydrogens (tertiary/aromatic N) is 6. The second-order valence-corrected chi connectivity index (χ2v) is 23.3. The maximum Gasteiger partial charge on any atom is 0.305 e. The minimum Gasteiger partial charge on any atom is -0.481 e. The van der Waals surface area contributed by atoms with E-state index in [2.05, 4.69) is 22.8 Å². The number of likely N-dealkylation sites (tertiary alicyclic amines) is 2. The van der Waals surface area contributed by atoms with Crippen molar-refractivity contribution in [1.82, 2.24) is 40.0 Å². The number of halogens is 4. The molecule has 0 radical (unpaired) electrons. The van der Waals surface area contributed by atoms with Gasteiger partial charge < -0.3 is 25.5 Å². The van der Waals surface area contributed by atoms with E-state index in [1.165, 1.54) is 0 Å². The molecular weight excluding hydrogens is 1050 g/mol. The van der Waals surface area contributed by atoms with Crippen molar-refractivity contribution >= 4 is 76.0 Å². The molecule has 2 fully saturated rings. The van der Waals surface area contributed by atoms with Gasteiger partial charge in [0.2, 0.25) is 11.8 Å². The molecule has 2 aliphatic heterocycles. The summed E-state index contributed by atoms with van der Waals surface area (Å²) >= 11 is 25.1. The van der Waals surface area contributed by atoms with Crippen LogP contribution in [0, 0.1) is 10.8 Å². The van der Waals surface area contributed by atoms with Gasteiger partial charge in [0.25, 0.3) is 11.8 Å². The van der Waals surface area contributed by atoms with Gasteiger partial charge in [-0.1, -0.05) is 112 Å². The van der Waals surface area contributed by atoms with E-state index in [4.69, 9.17) is 61.7 Å². The largest absolute Gasteiger partial charge is 0.481 e. The molecular formula is C58H66Cl4N8O6. The van der Waals surface area contributed by atoms with Gasteiger partial charge in [-0.15, -0.1) is 0 Å². The topological polar surface area (TPSA) is 172 Å². The van der Waals surface area contributed by atoms with Crippen molar-refractivity contribution in [3.05, 3.63) is 151 Å². The monoisotopic (exact) mass is 1110 g/mol. The molecule has 0 spiro atoms. The molecule has 0 unspecified atom stereocenters. The number of carboxylic acids is 1. The summed E-state index contributed by atoms with van der Waals surface area (Å²) < 4.78 is 4.02. The van der Waals surface area contributed by atoms with Crippen molar-refractivity contribution in [1.29, 1.82) is 0 Å². The minimum absolute atomic E-state index is 0.0724. The number of piperidine rings is 2. The first-order chi connectivity index (χ1) is 35.9. The predicted octanol–water partition coefficient (Wildman–Crippen LogP) is 11.9. The van der Waals surface area contributed by atoms with E-state index in [0.717, 1.165) is 83.8 Å². The van der Waals surface area contributed by atoms with Gasteiger partial charge in [0, 0.05) is 116 Å². The fourth-order valence-corrected chi connectivity index (χ4v) is 10.6. The van der Waals surface area contributed by atoms with Crippen LogP contribution in [-0.4, -0.2) is 104 Å². The van der Waals surface area contributed by atoms with Crippen LogP contribution in [0.1, 0.15) is 129 Å². The Morgan fingerprint density at radius 1 is 0.553 bits per heavy atom. The molecule has 402 valence electrons. The Morgan fingerprint density at radius 2 is 0.908 bits per heavy atom. The zero-order chi connectivity index (χ0) is 55.1. The first-order valence-corrected chi connectivity index (χ1v) is 27.0. The van der Waals surface area contributed by atoms with Crippen molar-refractivity contribution in [2.45, 2.75) is 98.6 Å². The second kappa shape index (κ2) is 24.9. The van der Waals surface area contributed by atoms with Crippen LogP contribution in [0.25, 0.3) is 22.5 Å². The van der Waals surface area contributed by atoms with Gasteiger partial charge in [-0.2, -0.15) is 10.2 Å².